The number of fused-ring (bicyclic) bond motifs is 2. The zero-order valence-electron chi connectivity index (χ0n) is 15.7. The summed E-state index contributed by atoms with van der Waals surface area (Å²) in [4.78, 5) is 0. The maximum absolute atomic E-state index is 13.1. The van der Waals surface area contributed by atoms with Gasteiger partial charge in [0.2, 0.25) is 0 Å². The molecule has 7 heteroatoms. The van der Waals surface area contributed by atoms with E-state index in [9.17, 15) is 13.5 Å². The van der Waals surface area contributed by atoms with Crippen LogP contribution in [-0.2, 0) is 14.9 Å². The van der Waals surface area contributed by atoms with Crippen molar-refractivity contribution in [2.75, 3.05) is 0 Å². The Morgan fingerprint density at radius 1 is 1.03 bits per heavy atom. The van der Waals surface area contributed by atoms with E-state index in [2.05, 4.69) is 0 Å². The van der Waals surface area contributed by atoms with Gasteiger partial charge in [-0.1, -0.05) is 29.8 Å². The summed E-state index contributed by atoms with van der Waals surface area (Å²) in [5.74, 6) is 1.28. The first-order chi connectivity index (χ1) is 14.4. The fourth-order valence-corrected chi connectivity index (χ4v) is 5.85. The van der Waals surface area contributed by atoms with Gasteiger partial charge in [-0.15, -0.1) is 0 Å². The number of ether oxygens (including phenoxy) is 1. The molecular weight excluding hydrogens is 424 g/mol. The molecule has 5 radical (unpaired) electrons. The van der Waals surface area contributed by atoms with E-state index in [0.29, 0.717) is 11.4 Å². The third-order valence-corrected chi connectivity index (χ3v) is 7.36. The second-order valence-electron chi connectivity index (χ2n) is 7.40. The molecule has 5 nitrogen and oxygen atoms in total. The topological polar surface area (TPSA) is 72.8 Å². The predicted molar refractivity (Wildman–Crippen MR) is 114 cm³/mol. The van der Waals surface area contributed by atoms with Gasteiger partial charge in [-0.3, -0.25) is 0 Å². The summed E-state index contributed by atoms with van der Waals surface area (Å²) in [6.07, 6.45) is 7.01. The number of hydrogen-bond acceptors (Lipinski definition) is 5. The molecule has 3 atom stereocenters. The standard InChI is InChI=1S/C23H18ClO5S/c24-16-6-3-7-18(12-16)29-30(26,27)20-13-19-21(15-8-10-17(25)11-9-15)22(23(20)28-19)14-4-1-2-5-14/h1-12,19-20,23,25H,13H2/t19-,20?,23+/m1/s1. The van der Waals surface area contributed by atoms with E-state index in [0.717, 1.165) is 22.6 Å². The molecule has 0 amide bonds. The third kappa shape index (κ3) is 3.51. The monoisotopic (exact) mass is 441 g/mol. The summed E-state index contributed by atoms with van der Waals surface area (Å²) >= 11 is 5.96. The van der Waals surface area contributed by atoms with Gasteiger partial charge in [-0.25, -0.2) is 0 Å². The minimum absolute atomic E-state index is 0.175. The molecule has 2 bridgehead atoms. The summed E-state index contributed by atoms with van der Waals surface area (Å²) < 4.78 is 37.7. The van der Waals surface area contributed by atoms with E-state index in [1.165, 1.54) is 6.07 Å². The van der Waals surface area contributed by atoms with Crippen LogP contribution in [0, 0.1) is 31.6 Å². The van der Waals surface area contributed by atoms with Crippen LogP contribution >= 0.6 is 11.6 Å². The second-order valence-corrected chi connectivity index (χ2v) is 9.59. The maximum Gasteiger partial charge on any atom is 0.315 e. The van der Waals surface area contributed by atoms with Crippen LogP contribution < -0.4 is 4.18 Å². The lowest BCUT2D eigenvalue weighted by Crippen LogP contribution is -2.37. The normalized spacial score (nSPS) is 26.5. The molecular formula is C23H18ClO5S. The van der Waals surface area contributed by atoms with E-state index in [4.69, 9.17) is 20.5 Å². The van der Waals surface area contributed by atoms with Crippen LogP contribution in [0.3, 0.4) is 0 Å². The van der Waals surface area contributed by atoms with Crippen molar-refractivity contribution in [3.05, 3.63) is 96.3 Å². The lowest BCUT2D eigenvalue weighted by Gasteiger charge is -2.27. The highest BCUT2D eigenvalue weighted by Crippen LogP contribution is 2.52. The van der Waals surface area contributed by atoms with Crippen molar-refractivity contribution in [3.63, 3.8) is 0 Å². The average Bonchev–Trinajstić information content (AvgIpc) is 3.44. The Labute approximate surface area is 181 Å². The van der Waals surface area contributed by atoms with Crippen LogP contribution in [0.4, 0.5) is 0 Å². The highest BCUT2D eigenvalue weighted by atomic mass is 35.5. The molecule has 1 saturated heterocycles. The van der Waals surface area contributed by atoms with E-state index in [1.54, 1.807) is 30.3 Å². The van der Waals surface area contributed by atoms with Gasteiger partial charge in [0.1, 0.15) is 22.9 Å². The zero-order chi connectivity index (χ0) is 20.9. The summed E-state index contributed by atoms with van der Waals surface area (Å²) in [6.45, 7) is 0. The first-order valence-corrected chi connectivity index (χ1v) is 11.4. The first-order valence-electron chi connectivity index (χ1n) is 9.52. The zero-order valence-corrected chi connectivity index (χ0v) is 17.3. The number of hydrogen-bond donors (Lipinski definition) is 1. The summed E-state index contributed by atoms with van der Waals surface area (Å²) in [6, 6.07) is 13.2. The van der Waals surface area contributed by atoms with Crippen molar-refractivity contribution in [1.82, 2.24) is 0 Å². The van der Waals surface area contributed by atoms with Crippen LogP contribution in [-0.4, -0.2) is 31.0 Å². The Bertz CT molecular complexity index is 1090. The van der Waals surface area contributed by atoms with Crippen LogP contribution in [0.5, 0.6) is 11.5 Å². The maximum atomic E-state index is 13.1. The molecule has 0 spiro atoms. The SMILES string of the molecule is O=S(=O)(Oc1cccc(Cl)c1)C1C[C@H]2O[C@@H]1C([C]1[CH][CH][CH][CH]1)=C2c1ccc(O)cc1. The largest absolute Gasteiger partial charge is 0.508 e. The van der Waals surface area contributed by atoms with Crippen molar-refractivity contribution >= 4 is 27.3 Å². The second kappa shape index (κ2) is 7.59. The van der Waals surface area contributed by atoms with Crippen LogP contribution in [0.25, 0.3) is 5.57 Å². The molecule has 2 heterocycles. The Morgan fingerprint density at radius 2 is 1.77 bits per heavy atom. The Kier molecular flexibility index (Phi) is 5.04. The molecule has 3 aliphatic rings. The van der Waals surface area contributed by atoms with Gasteiger partial charge < -0.3 is 14.0 Å². The fraction of sp³-hybridized carbons (Fsp3) is 0.174. The van der Waals surface area contributed by atoms with Gasteiger partial charge in [0.05, 0.1) is 6.10 Å². The molecule has 2 aromatic rings. The van der Waals surface area contributed by atoms with Crippen molar-refractivity contribution in [3.8, 4) is 11.5 Å². The fourth-order valence-electron chi connectivity index (χ4n) is 4.26. The molecule has 2 fully saturated rings. The number of phenols is 1. The number of halogens is 1. The minimum atomic E-state index is -3.95. The molecule has 5 rings (SSSR count). The number of phenolic OH excluding ortho intramolecular Hbond substituents is 1. The minimum Gasteiger partial charge on any atom is -0.508 e. The third-order valence-electron chi connectivity index (χ3n) is 5.52. The highest BCUT2D eigenvalue weighted by molar-refractivity contribution is 7.87. The van der Waals surface area contributed by atoms with Crippen LogP contribution in [0.2, 0.25) is 5.02 Å². The molecule has 0 aromatic heterocycles. The predicted octanol–water partition coefficient (Wildman–Crippen LogP) is 4.15. The molecule has 1 unspecified atom stereocenters. The van der Waals surface area contributed by atoms with Crippen molar-refractivity contribution in [2.45, 2.75) is 23.9 Å². The Morgan fingerprint density at radius 3 is 2.47 bits per heavy atom. The van der Waals surface area contributed by atoms with Gasteiger partial charge in [0, 0.05) is 23.4 Å². The van der Waals surface area contributed by atoms with Crippen molar-refractivity contribution in [1.29, 1.82) is 0 Å². The summed E-state index contributed by atoms with van der Waals surface area (Å²) in [5.41, 5.74) is 2.72. The Balaban J connectivity index is 1.50. The summed E-state index contributed by atoms with van der Waals surface area (Å²) in [7, 11) is -3.95. The van der Waals surface area contributed by atoms with E-state index < -0.39 is 21.5 Å². The average molecular weight is 442 g/mol. The van der Waals surface area contributed by atoms with Gasteiger partial charge in [0.15, 0.2) is 0 Å². The highest BCUT2D eigenvalue weighted by Gasteiger charge is 2.55. The quantitative estimate of drug-likeness (QED) is 0.705. The smallest absolute Gasteiger partial charge is 0.315 e. The summed E-state index contributed by atoms with van der Waals surface area (Å²) in [5, 5.41) is 9.21. The van der Waals surface area contributed by atoms with Gasteiger partial charge >= 0.3 is 10.1 Å². The number of aromatic hydroxyl groups is 1. The van der Waals surface area contributed by atoms with Crippen LogP contribution in [0.1, 0.15) is 12.0 Å². The van der Waals surface area contributed by atoms with Gasteiger partial charge in [-0.2, -0.15) is 8.42 Å². The van der Waals surface area contributed by atoms with Crippen molar-refractivity contribution < 1.29 is 22.4 Å². The van der Waals surface area contributed by atoms with Crippen molar-refractivity contribution in [2.24, 2.45) is 0 Å². The Hall–Kier alpha value is -2.02. The molecule has 2 aliphatic heterocycles. The molecule has 2 aromatic carbocycles. The van der Waals surface area contributed by atoms with Crippen LogP contribution in [0.15, 0.2) is 54.1 Å². The lowest BCUT2D eigenvalue weighted by molar-refractivity contribution is 0.119. The first kappa shape index (κ1) is 19.9. The van der Waals surface area contributed by atoms with E-state index in [-0.39, 0.29) is 17.6 Å². The molecule has 153 valence electrons. The number of rotatable bonds is 5. The van der Waals surface area contributed by atoms with Gasteiger partial charge in [-0.05, 0) is 66.7 Å². The molecule has 1 saturated carbocycles. The van der Waals surface area contributed by atoms with Gasteiger partial charge in [0.25, 0.3) is 0 Å². The van der Waals surface area contributed by atoms with E-state index >= 15 is 0 Å². The number of benzene rings is 2. The molecule has 1 N–H and O–H groups in total. The lowest BCUT2D eigenvalue weighted by atomic mass is 9.80. The van der Waals surface area contributed by atoms with E-state index in [1.807, 2.05) is 37.8 Å². The molecule has 30 heavy (non-hydrogen) atoms. The molecule has 1 aliphatic carbocycles.